The Morgan fingerprint density at radius 2 is 1.63 bits per heavy atom. The fourth-order valence-electron chi connectivity index (χ4n) is 3.53. The summed E-state index contributed by atoms with van der Waals surface area (Å²) in [7, 11) is 0. The minimum Gasteiger partial charge on any atom is -0.480 e. The Hall–Kier alpha value is -2.66. The highest BCUT2D eigenvalue weighted by molar-refractivity contribution is 5.96. The van der Waals surface area contributed by atoms with Gasteiger partial charge >= 0.3 is 0 Å². The number of nitrogens with zero attached hydrogens (tertiary/aromatic N) is 2. The molecule has 1 heterocycles. The molecule has 0 saturated carbocycles. The van der Waals surface area contributed by atoms with E-state index in [2.05, 4.69) is 4.99 Å². The van der Waals surface area contributed by atoms with Crippen LogP contribution in [0.1, 0.15) is 44.0 Å². The minimum atomic E-state index is -1.02. The van der Waals surface area contributed by atoms with E-state index >= 15 is 0 Å². The first-order valence-corrected chi connectivity index (χ1v) is 9.35. The van der Waals surface area contributed by atoms with Gasteiger partial charge in [-0.2, -0.15) is 0 Å². The molecule has 0 aromatic heterocycles. The summed E-state index contributed by atoms with van der Waals surface area (Å²) in [5.74, 6) is 0.290. The van der Waals surface area contributed by atoms with Gasteiger partial charge < -0.3 is 14.7 Å². The number of aliphatic hydroxyl groups excluding tert-OH is 1. The van der Waals surface area contributed by atoms with Crippen molar-refractivity contribution in [2.75, 3.05) is 6.61 Å². The number of carbonyl (C=O) groups is 1. The highest BCUT2D eigenvalue weighted by Gasteiger charge is 2.42. The van der Waals surface area contributed by atoms with Crippen LogP contribution in [0.2, 0.25) is 0 Å². The number of benzene rings is 2. The zero-order valence-electron chi connectivity index (χ0n) is 15.9. The van der Waals surface area contributed by atoms with Crippen LogP contribution in [0.3, 0.4) is 0 Å². The van der Waals surface area contributed by atoms with E-state index in [-0.39, 0.29) is 18.0 Å². The Kier molecular flexibility index (Phi) is 5.91. The highest BCUT2D eigenvalue weighted by Crippen LogP contribution is 2.31. The van der Waals surface area contributed by atoms with Gasteiger partial charge in [0.25, 0.3) is 5.91 Å². The van der Waals surface area contributed by atoms with Gasteiger partial charge in [-0.1, -0.05) is 60.7 Å². The van der Waals surface area contributed by atoms with Crippen molar-refractivity contribution >= 4 is 11.8 Å². The third-order valence-corrected chi connectivity index (χ3v) is 4.98. The molecule has 0 fully saturated rings. The molecule has 1 N–H and O–H groups in total. The van der Waals surface area contributed by atoms with Crippen molar-refractivity contribution in [2.45, 2.75) is 45.0 Å². The molecule has 0 radical (unpaired) electrons. The van der Waals surface area contributed by atoms with Gasteiger partial charge in [0.05, 0.1) is 12.6 Å². The summed E-state index contributed by atoms with van der Waals surface area (Å²) < 4.78 is 5.72. The Labute approximate surface area is 160 Å². The number of aliphatic hydroxyl groups is 1. The standard InChI is InChI=1S/C22H26N2O3/c1-4-27-21-16(3)24(15(2)17-11-7-5-8-12-17)22(26)19(23-21)20(25)18-13-9-6-10-14-18/h5-16,19-20,25H,4H2,1-3H3/t15-,16+,19+,20+/m0/s1. The predicted octanol–water partition coefficient (Wildman–Crippen LogP) is 3.52. The molecule has 2 aromatic carbocycles. The summed E-state index contributed by atoms with van der Waals surface area (Å²) in [6.07, 6.45) is -1.02. The van der Waals surface area contributed by atoms with E-state index in [0.29, 0.717) is 18.1 Å². The van der Waals surface area contributed by atoms with Gasteiger partial charge in [-0.15, -0.1) is 0 Å². The average molecular weight is 366 g/mol. The van der Waals surface area contributed by atoms with Crippen molar-refractivity contribution in [1.29, 1.82) is 0 Å². The maximum Gasteiger partial charge on any atom is 0.251 e. The van der Waals surface area contributed by atoms with Crippen LogP contribution in [-0.2, 0) is 9.53 Å². The molecule has 3 rings (SSSR count). The Morgan fingerprint density at radius 3 is 2.19 bits per heavy atom. The third-order valence-electron chi connectivity index (χ3n) is 4.98. The van der Waals surface area contributed by atoms with Crippen LogP contribution in [-0.4, -0.2) is 40.5 Å². The van der Waals surface area contributed by atoms with Crippen molar-refractivity contribution < 1.29 is 14.6 Å². The summed E-state index contributed by atoms with van der Waals surface area (Å²) in [5, 5.41) is 10.8. The van der Waals surface area contributed by atoms with Gasteiger partial charge in [-0.05, 0) is 31.9 Å². The molecule has 4 atom stereocenters. The summed E-state index contributed by atoms with van der Waals surface area (Å²) >= 11 is 0. The van der Waals surface area contributed by atoms with Crippen LogP contribution in [0.4, 0.5) is 0 Å². The Bertz CT molecular complexity index is 792. The number of carbonyl (C=O) groups excluding carboxylic acids is 1. The number of rotatable bonds is 5. The average Bonchev–Trinajstić information content (AvgIpc) is 2.71. The van der Waals surface area contributed by atoms with Gasteiger partial charge in [0.15, 0.2) is 6.04 Å². The van der Waals surface area contributed by atoms with Gasteiger partial charge in [0, 0.05) is 0 Å². The van der Waals surface area contributed by atoms with E-state index in [4.69, 9.17) is 4.74 Å². The first-order valence-electron chi connectivity index (χ1n) is 9.35. The van der Waals surface area contributed by atoms with Crippen molar-refractivity contribution in [3.05, 3.63) is 71.8 Å². The zero-order chi connectivity index (χ0) is 19.4. The lowest BCUT2D eigenvalue weighted by Gasteiger charge is -2.41. The number of amides is 1. The Morgan fingerprint density at radius 1 is 1.07 bits per heavy atom. The van der Waals surface area contributed by atoms with Crippen LogP contribution < -0.4 is 0 Å². The molecule has 1 aliphatic heterocycles. The van der Waals surface area contributed by atoms with Crippen molar-refractivity contribution in [1.82, 2.24) is 4.90 Å². The van der Waals surface area contributed by atoms with E-state index in [1.807, 2.05) is 69.3 Å². The monoisotopic (exact) mass is 366 g/mol. The van der Waals surface area contributed by atoms with E-state index < -0.39 is 12.1 Å². The van der Waals surface area contributed by atoms with Crippen LogP contribution in [0.15, 0.2) is 65.7 Å². The highest BCUT2D eigenvalue weighted by atomic mass is 16.5. The van der Waals surface area contributed by atoms with Crippen LogP contribution in [0.25, 0.3) is 0 Å². The summed E-state index contributed by atoms with van der Waals surface area (Å²) in [4.78, 5) is 19.6. The van der Waals surface area contributed by atoms with E-state index in [9.17, 15) is 9.90 Å². The maximum absolute atomic E-state index is 13.3. The first-order chi connectivity index (χ1) is 13.0. The van der Waals surface area contributed by atoms with Gasteiger partial charge in [0.2, 0.25) is 5.90 Å². The quantitative estimate of drug-likeness (QED) is 0.881. The van der Waals surface area contributed by atoms with Crippen molar-refractivity contribution in [2.24, 2.45) is 4.99 Å². The minimum absolute atomic E-state index is 0.162. The van der Waals surface area contributed by atoms with Crippen LogP contribution >= 0.6 is 0 Å². The molecular weight excluding hydrogens is 340 g/mol. The lowest BCUT2D eigenvalue weighted by Crippen LogP contribution is -2.54. The lowest BCUT2D eigenvalue weighted by atomic mass is 9.96. The molecule has 2 aromatic rings. The molecule has 0 unspecified atom stereocenters. The molecule has 5 heteroatoms. The van der Waals surface area contributed by atoms with Gasteiger partial charge in [0.1, 0.15) is 12.1 Å². The molecule has 27 heavy (non-hydrogen) atoms. The predicted molar refractivity (Wildman–Crippen MR) is 105 cm³/mol. The summed E-state index contributed by atoms with van der Waals surface area (Å²) in [5.41, 5.74) is 1.70. The van der Waals surface area contributed by atoms with Crippen molar-refractivity contribution in [3.63, 3.8) is 0 Å². The van der Waals surface area contributed by atoms with E-state index in [1.54, 1.807) is 17.0 Å². The molecule has 142 valence electrons. The molecule has 1 amide bonds. The number of ether oxygens (including phenoxy) is 1. The number of hydrogen-bond acceptors (Lipinski definition) is 4. The fourth-order valence-corrected chi connectivity index (χ4v) is 3.53. The Balaban J connectivity index is 1.97. The molecular formula is C22H26N2O3. The number of aliphatic imine (C=N–C) groups is 1. The van der Waals surface area contributed by atoms with Crippen LogP contribution in [0.5, 0.6) is 0 Å². The SMILES string of the molecule is CCOC1=N[C@H]([C@H](O)c2ccccc2)C(=O)N([C@@H](C)c2ccccc2)[C@@H]1C. The van der Waals surface area contributed by atoms with E-state index in [0.717, 1.165) is 5.56 Å². The largest absolute Gasteiger partial charge is 0.480 e. The maximum atomic E-state index is 13.3. The molecule has 0 bridgehead atoms. The second-order valence-electron chi connectivity index (χ2n) is 6.71. The fraction of sp³-hybridized carbons (Fsp3) is 0.364. The molecule has 0 spiro atoms. The van der Waals surface area contributed by atoms with Gasteiger partial charge in [-0.3, -0.25) is 4.79 Å². The molecule has 1 aliphatic rings. The molecule has 0 saturated heterocycles. The van der Waals surface area contributed by atoms with Crippen LogP contribution in [0, 0.1) is 0 Å². The first kappa shape index (κ1) is 19.1. The summed E-state index contributed by atoms with van der Waals surface area (Å²) in [6.45, 7) is 6.25. The van der Waals surface area contributed by atoms with Crippen molar-refractivity contribution in [3.8, 4) is 0 Å². The lowest BCUT2D eigenvalue weighted by molar-refractivity contribution is -0.140. The van der Waals surface area contributed by atoms with E-state index in [1.165, 1.54) is 0 Å². The molecule has 5 nitrogen and oxygen atoms in total. The summed E-state index contributed by atoms with van der Waals surface area (Å²) in [6, 6.07) is 17.6. The second kappa shape index (κ2) is 8.35. The topological polar surface area (TPSA) is 62.1 Å². The normalized spacial score (nSPS) is 22.1. The zero-order valence-corrected chi connectivity index (χ0v) is 15.9. The smallest absolute Gasteiger partial charge is 0.251 e. The second-order valence-corrected chi connectivity index (χ2v) is 6.71. The van der Waals surface area contributed by atoms with Gasteiger partial charge in [-0.25, -0.2) is 4.99 Å². The molecule has 0 aliphatic carbocycles. The third kappa shape index (κ3) is 3.88. The number of hydrogen-bond donors (Lipinski definition) is 1.